The molecule has 1 atom stereocenters. The van der Waals surface area contributed by atoms with E-state index in [0.29, 0.717) is 28.1 Å². The Morgan fingerprint density at radius 3 is 2.30 bits per heavy atom. The Labute approximate surface area is 172 Å². The maximum atomic E-state index is 12.0. The number of hydrogen-bond donors (Lipinski definition) is 2. The van der Waals surface area contributed by atoms with Gasteiger partial charge in [0.25, 0.3) is 0 Å². The number of rotatable bonds is 4. The van der Waals surface area contributed by atoms with Crippen LogP contribution in [0.2, 0.25) is 0 Å². The van der Waals surface area contributed by atoms with Crippen LogP contribution in [0.5, 0.6) is 17.2 Å². The molecule has 1 heterocycles. The number of nitrogens with zero attached hydrogens (tertiary/aromatic N) is 1. The molecule has 3 aromatic rings. The Morgan fingerprint density at radius 1 is 1.03 bits per heavy atom. The van der Waals surface area contributed by atoms with Gasteiger partial charge >= 0.3 is 5.97 Å². The molecule has 1 aliphatic heterocycles. The molecule has 0 amide bonds. The molecule has 0 bridgehead atoms. The number of fused-ring (bicyclic) bond motifs is 3. The molecule has 1 unspecified atom stereocenters. The molecule has 0 fully saturated rings. The van der Waals surface area contributed by atoms with Crippen LogP contribution in [0.1, 0.15) is 6.92 Å². The fraction of sp³-hybridized carbons (Fsp3) is 0.174. The van der Waals surface area contributed by atoms with Crippen LogP contribution in [-0.2, 0) is 9.59 Å². The summed E-state index contributed by atoms with van der Waals surface area (Å²) in [6.07, 6.45) is 1.53. The van der Waals surface area contributed by atoms with Gasteiger partial charge in [0.15, 0.2) is 23.5 Å². The predicted octanol–water partition coefficient (Wildman–Crippen LogP) is 3.65. The quantitative estimate of drug-likeness (QED) is 0.505. The van der Waals surface area contributed by atoms with Gasteiger partial charge in [0.2, 0.25) is 0 Å². The predicted molar refractivity (Wildman–Crippen MR) is 113 cm³/mol. The van der Waals surface area contributed by atoms with Crippen molar-refractivity contribution >= 4 is 39.1 Å². The van der Waals surface area contributed by atoms with E-state index >= 15 is 0 Å². The number of phenols is 1. The summed E-state index contributed by atoms with van der Waals surface area (Å²) in [6.45, 7) is 1.67. The minimum Gasteiger partial charge on any atom is -0.508 e. The molecule has 30 heavy (non-hydrogen) atoms. The molecule has 0 saturated heterocycles. The average Bonchev–Trinajstić information content (AvgIpc) is 3.08. The summed E-state index contributed by atoms with van der Waals surface area (Å²) < 4.78 is 10.9. The zero-order valence-corrected chi connectivity index (χ0v) is 16.6. The maximum absolute atomic E-state index is 12.0. The normalized spacial score (nSPS) is 16.0. The topological polar surface area (TPSA) is 96.3 Å². The molecule has 0 radical (unpaired) electrons. The standard InChI is InChI=1S/C23H19NO6/c1-12-6-14(11-25)24(22(12)23(27)28)19-7-13-4-5-15(26)8-16(13)17-9-20(29-2)21(30-3)10-18(17)19/h4-10,22,26H,1-3H3,(H,27,28). The van der Waals surface area contributed by atoms with Crippen LogP contribution in [-0.4, -0.2) is 42.4 Å². The molecule has 2 N–H and O–H groups in total. The number of anilines is 1. The lowest BCUT2D eigenvalue weighted by molar-refractivity contribution is -0.137. The Kier molecular flexibility index (Phi) is 4.60. The second kappa shape index (κ2) is 7.13. The average molecular weight is 405 g/mol. The zero-order chi connectivity index (χ0) is 21.6. The summed E-state index contributed by atoms with van der Waals surface area (Å²) in [4.78, 5) is 25.1. The van der Waals surface area contributed by atoms with E-state index in [1.807, 2.05) is 5.94 Å². The van der Waals surface area contributed by atoms with E-state index in [-0.39, 0.29) is 11.4 Å². The van der Waals surface area contributed by atoms with Crippen LogP contribution in [0.3, 0.4) is 0 Å². The molecule has 7 nitrogen and oxygen atoms in total. The smallest absolute Gasteiger partial charge is 0.331 e. The van der Waals surface area contributed by atoms with Crippen molar-refractivity contribution in [3.8, 4) is 17.2 Å². The third-order valence-corrected chi connectivity index (χ3v) is 5.33. The Bertz CT molecular complexity index is 1290. The minimum absolute atomic E-state index is 0.0990. The van der Waals surface area contributed by atoms with Crippen molar-refractivity contribution in [3.05, 3.63) is 53.7 Å². The molecular weight excluding hydrogens is 386 g/mol. The van der Waals surface area contributed by atoms with E-state index in [4.69, 9.17) is 9.47 Å². The van der Waals surface area contributed by atoms with Crippen LogP contribution < -0.4 is 14.4 Å². The fourth-order valence-electron chi connectivity index (χ4n) is 4.00. The first-order valence-electron chi connectivity index (χ1n) is 9.16. The SMILES string of the molecule is COc1cc2c(N3C(=C=O)C=C(C)C3C(=O)O)cc3ccc(O)cc3c2cc1OC. The van der Waals surface area contributed by atoms with Gasteiger partial charge < -0.3 is 24.6 Å². The van der Waals surface area contributed by atoms with Gasteiger partial charge in [0, 0.05) is 5.39 Å². The van der Waals surface area contributed by atoms with Gasteiger partial charge in [-0.2, -0.15) is 0 Å². The highest BCUT2D eigenvalue weighted by Crippen LogP contribution is 2.44. The number of hydrogen-bond acceptors (Lipinski definition) is 6. The summed E-state index contributed by atoms with van der Waals surface area (Å²) >= 11 is 0. The molecule has 152 valence electrons. The highest BCUT2D eigenvalue weighted by atomic mass is 16.5. The number of carboxylic acid groups (broad SMARTS) is 1. The maximum Gasteiger partial charge on any atom is 0.331 e. The van der Waals surface area contributed by atoms with E-state index in [9.17, 15) is 19.8 Å². The van der Waals surface area contributed by atoms with Crippen molar-refractivity contribution in [3.63, 3.8) is 0 Å². The molecule has 0 saturated carbocycles. The Hall–Kier alpha value is -3.96. The lowest BCUT2D eigenvalue weighted by Gasteiger charge is -2.27. The summed E-state index contributed by atoms with van der Waals surface area (Å²) in [5, 5.41) is 22.7. The van der Waals surface area contributed by atoms with E-state index < -0.39 is 12.0 Å². The number of aliphatic carboxylic acids is 1. The first-order valence-corrected chi connectivity index (χ1v) is 9.16. The number of benzene rings is 3. The number of methoxy groups -OCH3 is 2. The highest BCUT2D eigenvalue weighted by Gasteiger charge is 2.36. The Morgan fingerprint density at radius 2 is 1.70 bits per heavy atom. The first kappa shape index (κ1) is 19.4. The van der Waals surface area contributed by atoms with Crippen molar-refractivity contribution < 1.29 is 29.3 Å². The molecule has 4 rings (SSSR count). The number of carbonyl (C=O) groups excluding carboxylic acids is 1. The second-order valence-electron chi connectivity index (χ2n) is 7.04. The number of carbonyl (C=O) groups is 1. The third-order valence-electron chi connectivity index (χ3n) is 5.33. The summed E-state index contributed by atoms with van der Waals surface area (Å²) in [7, 11) is 3.03. The number of allylic oxidation sites excluding steroid dienone is 1. The van der Waals surface area contributed by atoms with Crippen LogP contribution in [0, 0.1) is 0 Å². The number of ether oxygens (including phenoxy) is 2. The van der Waals surface area contributed by atoms with Crippen molar-refractivity contribution in [1.82, 2.24) is 0 Å². The minimum atomic E-state index is -1.08. The van der Waals surface area contributed by atoms with Gasteiger partial charge in [-0.25, -0.2) is 9.59 Å². The van der Waals surface area contributed by atoms with Crippen LogP contribution in [0.4, 0.5) is 5.69 Å². The van der Waals surface area contributed by atoms with Gasteiger partial charge in [-0.3, -0.25) is 0 Å². The summed E-state index contributed by atoms with van der Waals surface area (Å²) in [5.74, 6) is 1.83. The van der Waals surface area contributed by atoms with Gasteiger partial charge in [-0.15, -0.1) is 0 Å². The molecular formula is C23H19NO6. The van der Waals surface area contributed by atoms with Crippen LogP contribution in [0.25, 0.3) is 21.5 Å². The number of aromatic hydroxyl groups is 1. The molecule has 0 aliphatic carbocycles. The summed E-state index contributed by atoms with van der Waals surface area (Å²) in [6, 6.07) is 9.19. The van der Waals surface area contributed by atoms with Gasteiger partial charge in [0.1, 0.15) is 11.4 Å². The summed E-state index contributed by atoms with van der Waals surface area (Å²) in [5.41, 5.74) is 1.18. The molecule has 0 spiro atoms. The monoisotopic (exact) mass is 405 g/mol. The van der Waals surface area contributed by atoms with Crippen LogP contribution in [0.15, 0.2) is 53.7 Å². The van der Waals surface area contributed by atoms with Gasteiger partial charge in [0.05, 0.1) is 19.9 Å². The molecule has 1 aliphatic rings. The molecule has 7 heteroatoms. The van der Waals surface area contributed by atoms with Crippen molar-refractivity contribution in [2.75, 3.05) is 19.1 Å². The van der Waals surface area contributed by atoms with Crippen molar-refractivity contribution in [2.24, 2.45) is 0 Å². The third kappa shape index (κ3) is 2.84. The van der Waals surface area contributed by atoms with Crippen molar-refractivity contribution in [2.45, 2.75) is 13.0 Å². The Balaban J connectivity index is 2.14. The van der Waals surface area contributed by atoms with Crippen LogP contribution >= 0.6 is 0 Å². The lowest BCUT2D eigenvalue weighted by Crippen LogP contribution is -2.37. The van der Waals surface area contributed by atoms with E-state index in [1.54, 1.807) is 43.3 Å². The number of carboxylic acids is 1. The van der Waals surface area contributed by atoms with E-state index in [0.717, 1.165) is 16.2 Å². The molecule has 0 aromatic heterocycles. The second-order valence-corrected chi connectivity index (χ2v) is 7.04. The van der Waals surface area contributed by atoms with E-state index in [1.165, 1.54) is 25.2 Å². The highest BCUT2D eigenvalue weighted by molar-refractivity contribution is 6.15. The largest absolute Gasteiger partial charge is 0.508 e. The van der Waals surface area contributed by atoms with Crippen molar-refractivity contribution in [1.29, 1.82) is 0 Å². The molecule has 3 aromatic carbocycles. The number of phenolic OH excluding ortho intramolecular Hbond substituents is 1. The van der Waals surface area contributed by atoms with E-state index in [2.05, 4.69) is 0 Å². The zero-order valence-electron chi connectivity index (χ0n) is 16.6. The van der Waals surface area contributed by atoms with Gasteiger partial charge in [-0.05, 0) is 65.1 Å². The lowest BCUT2D eigenvalue weighted by atomic mass is 9.97. The first-order chi connectivity index (χ1) is 14.4. The fourth-order valence-corrected chi connectivity index (χ4v) is 4.00. The van der Waals surface area contributed by atoms with Gasteiger partial charge in [-0.1, -0.05) is 6.07 Å².